The third-order valence-electron chi connectivity index (χ3n) is 3.47. The van der Waals surface area contributed by atoms with E-state index in [-0.39, 0.29) is 6.04 Å². The average molecular weight is 312 g/mol. The Kier molecular flexibility index (Phi) is 7.93. The molecule has 21 heavy (non-hydrogen) atoms. The van der Waals surface area contributed by atoms with Crippen molar-refractivity contribution in [3.63, 3.8) is 0 Å². The Morgan fingerprint density at radius 2 is 1.86 bits per heavy atom. The van der Waals surface area contributed by atoms with E-state index >= 15 is 0 Å². The van der Waals surface area contributed by atoms with E-state index < -0.39 is 10.0 Å². The first-order chi connectivity index (χ1) is 10.0. The molecule has 1 rings (SSSR count). The molecule has 0 aromatic heterocycles. The molecule has 0 fully saturated rings. The van der Waals surface area contributed by atoms with Gasteiger partial charge in [0.05, 0.1) is 4.90 Å². The van der Waals surface area contributed by atoms with Gasteiger partial charge in [0.15, 0.2) is 0 Å². The zero-order valence-corrected chi connectivity index (χ0v) is 14.0. The van der Waals surface area contributed by atoms with Crippen LogP contribution in [0.25, 0.3) is 0 Å². The van der Waals surface area contributed by atoms with E-state index in [1.807, 2.05) is 6.07 Å². The van der Waals surface area contributed by atoms with Crippen LogP contribution in [0.15, 0.2) is 29.2 Å². The van der Waals surface area contributed by atoms with E-state index in [0.29, 0.717) is 11.4 Å². The molecule has 0 heterocycles. The maximum atomic E-state index is 12.5. The molecule has 120 valence electrons. The number of rotatable bonds is 10. The lowest BCUT2D eigenvalue weighted by Gasteiger charge is -2.17. The van der Waals surface area contributed by atoms with Gasteiger partial charge in [0, 0.05) is 6.04 Å². The van der Waals surface area contributed by atoms with Crippen molar-refractivity contribution >= 4 is 10.0 Å². The number of hydrogen-bond acceptors (Lipinski definition) is 3. The summed E-state index contributed by atoms with van der Waals surface area (Å²) < 4.78 is 27.8. The van der Waals surface area contributed by atoms with Crippen LogP contribution in [-0.2, 0) is 16.4 Å². The van der Waals surface area contributed by atoms with Crippen LogP contribution in [0.5, 0.6) is 0 Å². The lowest BCUT2D eigenvalue weighted by atomic mass is 10.1. The van der Waals surface area contributed by atoms with Crippen molar-refractivity contribution in [2.75, 3.05) is 6.54 Å². The highest BCUT2D eigenvalue weighted by Gasteiger charge is 2.19. The first-order valence-corrected chi connectivity index (χ1v) is 9.33. The topological polar surface area (TPSA) is 72.2 Å². The summed E-state index contributed by atoms with van der Waals surface area (Å²) in [7, 11) is -3.43. The minimum absolute atomic E-state index is 0.0256. The first-order valence-electron chi connectivity index (χ1n) is 7.84. The van der Waals surface area contributed by atoms with Gasteiger partial charge in [-0.05, 0) is 49.9 Å². The fourth-order valence-corrected chi connectivity index (χ4v) is 3.80. The number of hydrogen-bond donors (Lipinski definition) is 2. The summed E-state index contributed by atoms with van der Waals surface area (Å²) >= 11 is 0. The molecule has 0 aliphatic carbocycles. The summed E-state index contributed by atoms with van der Waals surface area (Å²) in [5, 5.41) is 0. The molecule has 0 radical (unpaired) electrons. The Bertz CT molecular complexity index is 509. The van der Waals surface area contributed by atoms with Gasteiger partial charge in [0.25, 0.3) is 0 Å². The lowest BCUT2D eigenvalue weighted by molar-refractivity contribution is 0.494. The Morgan fingerprint density at radius 3 is 2.43 bits per heavy atom. The summed E-state index contributed by atoms with van der Waals surface area (Å²) in [6.07, 6.45) is 5.38. The van der Waals surface area contributed by atoms with E-state index in [9.17, 15) is 8.42 Å². The summed E-state index contributed by atoms with van der Waals surface area (Å²) in [4.78, 5) is 0.356. The van der Waals surface area contributed by atoms with Gasteiger partial charge in [-0.3, -0.25) is 0 Å². The van der Waals surface area contributed by atoms with Crippen LogP contribution in [0.3, 0.4) is 0 Å². The molecule has 4 nitrogen and oxygen atoms in total. The van der Waals surface area contributed by atoms with E-state index in [0.717, 1.165) is 44.1 Å². The van der Waals surface area contributed by atoms with Crippen LogP contribution in [0.4, 0.5) is 0 Å². The maximum Gasteiger partial charge on any atom is 0.240 e. The normalized spacial score (nSPS) is 12.0. The standard InChI is InChI=1S/C16H28N2O2S/c1-3-7-15(8-4-2)18-21(19,20)16-11-5-9-14(13-16)10-6-12-17/h5,9,11,13,15,18H,3-4,6-8,10,12,17H2,1-2H3. The Labute approximate surface area is 129 Å². The molecular formula is C16H28N2O2S. The highest BCUT2D eigenvalue weighted by atomic mass is 32.2. The molecule has 0 saturated carbocycles. The van der Waals surface area contributed by atoms with E-state index in [2.05, 4.69) is 18.6 Å². The SMILES string of the molecule is CCCC(CCC)NS(=O)(=O)c1cccc(CCCN)c1. The molecular weight excluding hydrogens is 284 g/mol. The minimum atomic E-state index is -3.43. The van der Waals surface area contributed by atoms with Crippen molar-refractivity contribution in [1.29, 1.82) is 0 Å². The van der Waals surface area contributed by atoms with Crippen LogP contribution in [0.2, 0.25) is 0 Å². The van der Waals surface area contributed by atoms with Gasteiger partial charge < -0.3 is 5.73 Å². The van der Waals surface area contributed by atoms with Crippen LogP contribution in [0, 0.1) is 0 Å². The first kappa shape index (κ1) is 18.1. The monoisotopic (exact) mass is 312 g/mol. The molecule has 0 amide bonds. The predicted octanol–water partition coefficient (Wildman–Crippen LogP) is 2.83. The van der Waals surface area contributed by atoms with E-state index in [1.54, 1.807) is 18.2 Å². The third-order valence-corrected chi connectivity index (χ3v) is 4.99. The molecule has 0 spiro atoms. The second-order valence-corrected chi connectivity index (χ2v) is 7.15. The second-order valence-electron chi connectivity index (χ2n) is 5.44. The van der Waals surface area contributed by atoms with Crippen molar-refractivity contribution in [3.8, 4) is 0 Å². The van der Waals surface area contributed by atoms with Crippen LogP contribution in [0.1, 0.15) is 51.5 Å². The molecule has 1 aromatic rings. The van der Waals surface area contributed by atoms with Crippen molar-refractivity contribution < 1.29 is 8.42 Å². The number of nitrogens with two attached hydrogens (primary N) is 1. The van der Waals surface area contributed by atoms with E-state index in [4.69, 9.17) is 5.73 Å². The largest absolute Gasteiger partial charge is 0.330 e. The van der Waals surface area contributed by atoms with Crippen LogP contribution >= 0.6 is 0 Å². The Hall–Kier alpha value is -0.910. The molecule has 0 atom stereocenters. The van der Waals surface area contributed by atoms with Crippen molar-refractivity contribution in [1.82, 2.24) is 4.72 Å². The summed E-state index contributed by atoms with van der Waals surface area (Å²) in [5.41, 5.74) is 6.52. The number of sulfonamides is 1. The summed E-state index contributed by atoms with van der Waals surface area (Å²) in [6, 6.07) is 7.19. The zero-order chi connectivity index (χ0) is 15.7. The minimum Gasteiger partial charge on any atom is -0.330 e. The number of aryl methyl sites for hydroxylation is 1. The van der Waals surface area contributed by atoms with Crippen LogP contribution < -0.4 is 10.5 Å². The highest BCUT2D eigenvalue weighted by molar-refractivity contribution is 7.89. The molecule has 0 unspecified atom stereocenters. The van der Waals surface area contributed by atoms with Gasteiger partial charge in [0.1, 0.15) is 0 Å². The van der Waals surface area contributed by atoms with Gasteiger partial charge in [-0.25, -0.2) is 13.1 Å². The molecule has 0 aliphatic rings. The molecule has 0 saturated heterocycles. The van der Waals surface area contributed by atoms with Crippen molar-refractivity contribution in [3.05, 3.63) is 29.8 Å². The predicted molar refractivity (Wildman–Crippen MR) is 87.7 cm³/mol. The maximum absolute atomic E-state index is 12.5. The van der Waals surface area contributed by atoms with Gasteiger partial charge in [0.2, 0.25) is 10.0 Å². The van der Waals surface area contributed by atoms with E-state index in [1.165, 1.54) is 0 Å². The molecule has 0 bridgehead atoms. The molecule has 1 aromatic carbocycles. The molecule has 5 heteroatoms. The second kappa shape index (κ2) is 9.18. The fraction of sp³-hybridized carbons (Fsp3) is 0.625. The number of benzene rings is 1. The van der Waals surface area contributed by atoms with Gasteiger partial charge in [-0.2, -0.15) is 0 Å². The van der Waals surface area contributed by atoms with Gasteiger partial charge in [-0.15, -0.1) is 0 Å². The zero-order valence-electron chi connectivity index (χ0n) is 13.1. The van der Waals surface area contributed by atoms with Crippen LogP contribution in [-0.4, -0.2) is 21.0 Å². The third kappa shape index (κ3) is 6.16. The Balaban J connectivity index is 2.85. The summed E-state index contributed by atoms with van der Waals surface area (Å²) in [6.45, 7) is 4.76. The lowest BCUT2D eigenvalue weighted by Crippen LogP contribution is -2.34. The summed E-state index contributed by atoms with van der Waals surface area (Å²) in [5.74, 6) is 0. The molecule has 0 aliphatic heterocycles. The Morgan fingerprint density at radius 1 is 1.19 bits per heavy atom. The van der Waals surface area contributed by atoms with Gasteiger partial charge >= 0.3 is 0 Å². The quantitative estimate of drug-likeness (QED) is 0.698. The number of nitrogens with one attached hydrogen (secondary N) is 1. The molecule has 3 N–H and O–H groups in total. The van der Waals surface area contributed by atoms with Crippen molar-refractivity contribution in [2.24, 2.45) is 5.73 Å². The highest BCUT2D eigenvalue weighted by Crippen LogP contribution is 2.15. The fourth-order valence-electron chi connectivity index (χ4n) is 2.42. The van der Waals surface area contributed by atoms with Crippen molar-refractivity contribution in [2.45, 2.75) is 63.3 Å². The van der Waals surface area contributed by atoms with Gasteiger partial charge in [-0.1, -0.05) is 38.8 Å². The smallest absolute Gasteiger partial charge is 0.240 e. The average Bonchev–Trinajstić information content (AvgIpc) is 2.45.